The third kappa shape index (κ3) is 6.99. The maximum Gasteiger partial charge on any atom is 0.412 e. The molecule has 0 radical (unpaired) electrons. The zero-order valence-corrected chi connectivity index (χ0v) is 13.5. The summed E-state index contributed by atoms with van der Waals surface area (Å²) in [4.78, 5) is 11.7. The van der Waals surface area contributed by atoms with Crippen LogP contribution < -0.4 is 10.6 Å². The first-order valence-corrected chi connectivity index (χ1v) is 7.06. The second-order valence-corrected chi connectivity index (χ2v) is 6.88. The molecule has 0 saturated carbocycles. The maximum atomic E-state index is 11.7. The Morgan fingerprint density at radius 2 is 1.81 bits per heavy atom. The second kappa shape index (κ2) is 6.80. The number of carbonyl (C=O) groups excluding carboxylic acids is 1. The number of anilines is 2. The van der Waals surface area contributed by atoms with Gasteiger partial charge in [0.25, 0.3) is 0 Å². The first-order chi connectivity index (χ1) is 9.61. The summed E-state index contributed by atoms with van der Waals surface area (Å²) in [7, 11) is 0. The minimum atomic E-state index is -0.523. The molecule has 3 N–H and O–H groups in total. The lowest BCUT2D eigenvalue weighted by Gasteiger charge is -2.23. The number of amides is 1. The van der Waals surface area contributed by atoms with Crippen molar-refractivity contribution in [1.82, 2.24) is 0 Å². The molecule has 0 bridgehead atoms. The molecule has 0 atom stereocenters. The highest BCUT2D eigenvalue weighted by Gasteiger charge is 2.17. The Bertz CT molecular complexity index is 479. The Morgan fingerprint density at radius 1 is 1.19 bits per heavy atom. The van der Waals surface area contributed by atoms with Gasteiger partial charge in [0, 0.05) is 29.9 Å². The van der Waals surface area contributed by atoms with Crippen LogP contribution in [0.2, 0.25) is 0 Å². The molecule has 0 aliphatic rings. The first kappa shape index (κ1) is 17.3. The van der Waals surface area contributed by atoms with Crippen LogP contribution in [0.15, 0.2) is 24.3 Å². The van der Waals surface area contributed by atoms with Gasteiger partial charge >= 0.3 is 6.09 Å². The van der Waals surface area contributed by atoms with Crippen LogP contribution in [0.4, 0.5) is 16.2 Å². The zero-order chi connectivity index (χ0) is 16.1. The average molecular weight is 294 g/mol. The Kier molecular flexibility index (Phi) is 5.61. The van der Waals surface area contributed by atoms with Crippen molar-refractivity contribution in [2.75, 3.05) is 23.8 Å². The molecular formula is C16H26N2O3. The molecule has 1 rings (SSSR count). The molecule has 0 saturated heterocycles. The number of benzene rings is 1. The molecule has 0 unspecified atom stereocenters. The molecular weight excluding hydrogens is 268 g/mol. The summed E-state index contributed by atoms with van der Waals surface area (Å²) in [5.74, 6) is 0. The van der Waals surface area contributed by atoms with Gasteiger partial charge in [0.15, 0.2) is 0 Å². The van der Waals surface area contributed by atoms with Crippen LogP contribution in [0.1, 0.15) is 34.6 Å². The van der Waals surface area contributed by atoms with E-state index in [0.29, 0.717) is 12.2 Å². The Morgan fingerprint density at radius 3 is 2.38 bits per heavy atom. The van der Waals surface area contributed by atoms with Crippen LogP contribution >= 0.6 is 0 Å². The molecule has 0 aliphatic carbocycles. The number of nitrogens with one attached hydrogen (secondary N) is 2. The van der Waals surface area contributed by atoms with Crippen molar-refractivity contribution in [2.24, 2.45) is 5.41 Å². The number of hydrogen-bond acceptors (Lipinski definition) is 4. The van der Waals surface area contributed by atoms with Gasteiger partial charge in [-0.25, -0.2) is 4.79 Å². The van der Waals surface area contributed by atoms with E-state index in [1.807, 2.05) is 52.8 Å². The van der Waals surface area contributed by atoms with Gasteiger partial charge in [-0.15, -0.1) is 0 Å². The van der Waals surface area contributed by atoms with E-state index in [9.17, 15) is 9.90 Å². The lowest BCUT2D eigenvalue weighted by atomic mass is 9.95. The molecule has 5 nitrogen and oxygen atoms in total. The molecule has 5 heteroatoms. The summed E-state index contributed by atoms with van der Waals surface area (Å²) in [6.45, 7) is 10.2. The number of aliphatic hydroxyl groups is 1. The lowest BCUT2D eigenvalue weighted by molar-refractivity contribution is 0.0636. The van der Waals surface area contributed by atoms with Gasteiger partial charge in [-0.2, -0.15) is 0 Å². The van der Waals surface area contributed by atoms with Gasteiger partial charge in [0.1, 0.15) is 5.60 Å². The Labute approximate surface area is 126 Å². The van der Waals surface area contributed by atoms with Crippen LogP contribution in [0.3, 0.4) is 0 Å². The molecule has 1 aromatic carbocycles. The molecule has 0 heterocycles. The summed E-state index contributed by atoms with van der Waals surface area (Å²) in [5, 5.41) is 15.2. The Balaban J connectivity index is 2.62. The monoisotopic (exact) mass is 294 g/mol. The van der Waals surface area contributed by atoms with E-state index in [4.69, 9.17) is 4.74 Å². The van der Waals surface area contributed by atoms with Gasteiger partial charge in [-0.05, 0) is 39.0 Å². The number of rotatable bonds is 5. The summed E-state index contributed by atoms with van der Waals surface area (Å²) >= 11 is 0. The van der Waals surface area contributed by atoms with Gasteiger partial charge < -0.3 is 15.2 Å². The average Bonchev–Trinajstić information content (AvgIpc) is 2.34. The van der Waals surface area contributed by atoms with E-state index >= 15 is 0 Å². The van der Waals surface area contributed by atoms with Crippen molar-refractivity contribution in [3.63, 3.8) is 0 Å². The fourth-order valence-electron chi connectivity index (χ4n) is 1.53. The number of aliphatic hydroxyl groups excluding tert-OH is 1. The van der Waals surface area contributed by atoms with Crippen molar-refractivity contribution < 1.29 is 14.6 Å². The highest BCUT2D eigenvalue weighted by atomic mass is 16.6. The minimum Gasteiger partial charge on any atom is -0.444 e. The van der Waals surface area contributed by atoms with Crippen molar-refractivity contribution in [1.29, 1.82) is 0 Å². The second-order valence-electron chi connectivity index (χ2n) is 6.88. The normalized spacial score (nSPS) is 11.9. The lowest BCUT2D eigenvalue weighted by Crippen LogP contribution is -2.27. The molecule has 0 aliphatic heterocycles. The predicted molar refractivity (Wildman–Crippen MR) is 85.7 cm³/mol. The van der Waals surface area contributed by atoms with Gasteiger partial charge in [-0.1, -0.05) is 19.9 Å². The van der Waals surface area contributed by atoms with E-state index in [1.54, 1.807) is 6.07 Å². The molecule has 0 aromatic heterocycles. The van der Waals surface area contributed by atoms with Crippen molar-refractivity contribution in [3.8, 4) is 0 Å². The number of hydrogen-bond donors (Lipinski definition) is 3. The third-order valence-corrected chi connectivity index (χ3v) is 2.71. The van der Waals surface area contributed by atoms with E-state index < -0.39 is 11.7 Å². The highest BCUT2D eigenvalue weighted by Crippen LogP contribution is 2.19. The minimum absolute atomic E-state index is 0.107. The predicted octanol–water partition coefficient (Wildman–Crippen LogP) is 3.46. The van der Waals surface area contributed by atoms with Crippen molar-refractivity contribution in [3.05, 3.63) is 24.3 Å². The van der Waals surface area contributed by atoms with Gasteiger partial charge in [-0.3, -0.25) is 5.32 Å². The largest absolute Gasteiger partial charge is 0.444 e. The molecule has 21 heavy (non-hydrogen) atoms. The summed E-state index contributed by atoms with van der Waals surface area (Å²) in [6, 6.07) is 7.39. The quantitative estimate of drug-likeness (QED) is 0.777. The van der Waals surface area contributed by atoms with E-state index in [1.165, 1.54) is 0 Å². The van der Waals surface area contributed by atoms with Crippen LogP contribution in [-0.4, -0.2) is 30.0 Å². The zero-order valence-electron chi connectivity index (χ0n) is 13.5. The fourth-order valence-corrected chi connectivity index (χ4v) is 1.53. The molecule has 118 valence electrons. The highest BCUT2D eigenvalue weighted by molar-refractivity contribution is 5.85. The van der Waals surface area contributed by atoms with Crippen LogP contribution in [0.5, 0.6) is 0 Å². The summed E-state index contributed by atoms with van der Waals surface area (Å²) < 4.78 is 5.21. The maximum absolute atomic E-state index is 11.7. The van der Waals surface area contributed by atoms with Crippen LogP contribution in [0.25, 0.3) is 0 Å². The topological polar surface area (TPSA) is 70.6 Å². The van der Waals surface area contributed by atoms with Crippen LogP contribution in [0, 0.1) is 5.41 Å². The number of ether oxygens (including phenoxy) is 1. The SMILES string of the molecule is CC(C)(CO)CNc1cccc(NC(=O)OC(C)(C)C)c1. The molecule has 1 amide bonds. The van der Waals surface area contributed by atoms with E-state index in [0.717, 1.165) is 5.69 Å². The standard InChI is InChI=1S/C16H26N2O3/c1-15(2,3)21-14(20)18-13-8-6-7-12(9-13)17-10-16(4,5)11-19/h6-9,17,19H,10-11H2,1-5H3,(H,18,20). The third-order valence-electron chi connectivity index (χ3n) is 2.71. The molecule has 0 spiro atoms. The smallest absolute Gasteiger partial charge is 0.412 e. The molecule has 1 aromatic rings. The van der Waals surface area contributed by atoms with Gasteiger partial charge in [0.2, 0.25) is 0 Å². The van der Waals surface area contributed by atoms with Crippen molar-refractivity contribution >= 4 is 17.5 Å². The molecule has 0 fully saturated rings. The first-order valence-electron chi connectivity index (χ1n) is 7.06. The fraction of sp³-hybridized carbons (Fsp3) is 0.562. The van der Waals surface area contributed by atoms with E-state index in [-0.39, 0.29) is 12.0 Å². The summed E-state index contributed by atoms with van der Waals surface area (Å²) in [6.07, 6.45) is -0.477. The number of carbonyl (C=O) groups is 1. The summed E-state index contributed by atoms with van der Waals surface area (Å²) in [5.41, 5.74) is 0.820. The van der Waals surface area contributed by atoms with E-state index in [2.05, 4.69) is 10.6 Å². The Hall–Kier alpha value is -1.75. The van der Waals surface area contributed by atoms with Gasteiger partial charge in [0.05, 0.1) is 0 Å². The van der Waals surface area contributed by atoms with Crippen LogP contribution in [-0.2, 0) is 4.74 Å². The van der Waals surface area contributed by atoms with Crippen molar-refractivity contribution in [2.45, 2.75) is 40.2 Å².